The number of hydrogen-bond acceptors (Lipinski definition) is 5. The van der Waals surface area contributed by atoms with Crippen molar-refractivity contribution in [1.82, 2.24) is 19.4 Å². The van der Waals surface area contributed by atoms with Gasteiger partial charge in [-0.2, -0.15) is 4.31 Å². The molecule has 8 nitrogen and oxygen atoms in total. The second-order valence-corrected chi connectivity index (χ2v) is 10.7. The van der Waals surface area contributed by atoms with Gasteiger partial charge in [0.05, 0.1) is 16.7 Å². The van der Waals surface area contributed by atoms with E-state index in [1.807, 2.05) is 4.90 Å². The number of rotatable bonds is 4. The van der Waals surface area contributed by atoms with Gasteiger partial charge < -0.3 is 5.32 Å². The van der Waals surface area contributed by atoms with E-state index < -0.39 is 15.6 Å². The molecule has 4 rings (SSSR count). The number of hydrogen-bond donors (Lipinski definition) is 1. The molecular formula is C19H24Cl2N4O4S. The van der Waals surface area contributed by atoms with Crippen LogP contribution >= 0.6 is 23.2 Å². The normalized spacial score (nSPS) is 23.2. The third-order valence-electron chi connectivity index (χ3n) is 6.16. The van der Waals surface area contributed by atoms with Crippen molar-refractivity contribution < 1.29 is 18.0 Å². The zero-order chi connectivity index (χ0) is 21.5. The van der Waals surface area contributed by atoms with Gasteiger partial charge in [0.25, 0.3) is 5.91 Å². The van der Waals surface area contributed by atoms with Crippen LogP contribution in [0.2, 0.25) is 10.0 Å². The van der Waals surface area contributed by atoms with Gasteiger partial charge >= 0.3 is 6.03 Å². The van der Waals surface area contributed by atoms with E-state index in [1.54, 1.807) is 6.07 Å². The molecule has 1 saturated carbocycles. The fourth-order valence-corrected chi connectivity index (χ4v) is 6.59. The molecule has 3 fully saturated rings. The monoisotopic (exact) mass is 474 g/mol. The Morgan fingerprint density at radius 3 is 2.33 bits per heavy atom. The van der Waals surface area contributed by atoms with Gasteiger partial charge in [0.2, 0.25) is 10.0 Å². The summed E-state index contributed by atoms with van der Waals surface area (Å²) in [6.07, 6.45) is 4.31. The molecule has 1 N–H and O–H groups in total. The van der Waals surface area contributed by atoms with Crippen LogP contribution in [0, 0.1) is 0 Å². The highest BCUT2D eigenvalue weighted by Gasteiger charge is 2.51. The molecule has 3 aliphatic rings. The van der Waals surface area contributed by atoms with Crippen molar-refractivity contribution in [1.29, 1.82) is 0 Å². The lowest BCUT2D eigenvalue weighted by Gasteiger charge is -2.36. The Morgan fingerprint density at radius 2 is 1.67 bits per heavy atom. The number of halogens is 2. The number of amides is 3. The fourth-order valence-electron chi connectivity index (χ4n) is 4.43. The van der Waals surface area contributed by atoms with Crippen LogP contribution in [0.4, 0.5) is 4.79 Å². The lowest BCUT2D eigenvalue weighted by molar-refractivity contribution is -0.134. The summed E-state index contributed by atoms with van der Waals surface area (Å²) in [6, 6.07) is 4.17. The minimum atomic E-state index is -3.78. The molecule has 30 heavy (non-hydrogen) atoms. The maximum absolute atomic E-state index is 13.0. The van der Waals surface area contributed by atoms with E-state index in [1.165, 1.54) is 21.3 Å². The zero-order valence-electron chi connectivity index (χ0n) is 16.4. The smallest absolute Gasteiger partial charge is 0.323 e. The van der Waals surface area contributed by atoms with Gasteiger partial charge in [-0.3, -0.25) is 9.69 Å². The molecule has 164 valence electrons. The number of sulfonamides is 1. The number of piperazine rings is 1. The van der Waals surface area contributed by atoms with Crippen LogP contribution in [0.15, 0.2) is 23.1 Å². The highest BCUT2D eigenvalue weighted by Crippen LogP contribution is 2.34. The summed E-state index contributed by atoms with van der Waals surface area (Å²) < 4.78 is 27.3. The topological polar surface area (TPSA) is 90.0 Å². The Morgan fingerprint density at radius 1 is 1.00 bits per heavy atom. The third-order valence-corrected chi connectivity index (χ3v) is 9.03. The van der Waals surface area contributed by atoms with Crippen molar-refractivity contribution >= 4 is 45.2 Å². The zero-order valence-corrected chi connectivity index (χ0v) is 18.8. The molecule has 2 saturated heterocycles. The van der Waals surface area contributed by atoms with Crippen molar-refractivity contribution in [2.45, 2.75) is 42.5 Å². The molecule has 2 heterocycles. The molecule has 0 bridgehead atoms. The van der Waals surface area contributed by atoms with Crippen LogP contribution in [0.25, 0.3) is 0 Å². The Balaban J connectivity index is 1.40. The van der Waals surface area contributed by atoms with Crippen LogP contribution < -0.4 is 5.32 Å². The molecule has 0 unspecified atom stereocenters. The van der Waals surface area contributed by atoms with E-state index in [2.05, 4.69) is 5.32 Å². The summed E-state index contributed by atoms with van der Waals surface area (Å²) in [5.74, 6) is -0.159. The Kier molecular flexibility index (Phi) is 6.02. The third kappa shape index (κ3) is 3.82. The van der Waals surface area contributed by atoms with Crippen molar-refractivity contribution in [3.63, 3.8) is 0 Å². The number of carbonyl (C=O) groups is 2. The molecule has 1 aromatic carbocycles. The highest BCUT2D eigenvalue weighted by atomic mass is 35.5. The van der Waals surface area contributed by atoms with Crippen LogP contribution in [0.1, 0.15) is 32.1 Å². The first-order valence-electron chi connectivity index (χ1n) is 10.1. The standard InChI is InChI=1S/C19H24Cl2N4O4S/c20-14-5-4-6-15(16(14)21)30(28,29)24-11-9-23(10-12-24)13-25-17(26)19(22-18(25)27)7-2-1-3-8-19/h4-6H,1-3,7-13H2,(H,22,27). The first-order chi connectivity index (χ1) is 14.2. The molecule has 11 heteroatoms. The number of urea groups is 1. The fraction of sp³-hybridized carbons (Fsp3) is 0.579. The Bertz CT molecular complexity index is 957. The maximum Gasteiger partial charge on any atom is 0.326 e. The average molecular weight is 475 g/mol. The maximum atomic E-state index is 13.0. The van der Waals surface area contributed by atoms with E-state index in [0.29, 0.717) is 25.9 Å². The quantitative estimate of drug-likeness (QED) is 0.676. The van der Waals surface area contributed by atoms with Crippen molar-refractivity contribution in [2.75, 3.05) is 32.8 Å². The summed E-state index contributed by atoms with van der Waals surface area (Å²) in [5.41, 5.74) is -0.746. The van der Waals surface area contributed by atoms with E-state index >= 15 is 0 Å². The minimum absolute atomic E-state index is 0.0127. The van der Waals surface area contributed by atoms with Crippen molar-refractivity contribution in [3.05, 3.63) is 28.2 Å². The molecule has 1 spiro atoms. The summed E-state index contributed by atoms with van der Waals surface area (Å²) in [7, 11) is -3.78. The van der Waals surface area contributed by atoms with Crippen molar-refractivity contribution in [3.8, 4) is 0 Å². The number of carbonyl (C=O) groups excluding carboxylic acids is 2. The van der Waals surface area contributed by atoms with Crippen molar-refractivity contribution in [2.24, 2.45) is 0 Å². The predicted molar refractivity (Wildman–Crippen MR) is 113 cm³/mol. The first kappa shape index (κ1) is 21.8. The second kappa shape index (κ2) is 8.27. The summed E-state index contributed by atoms with van der Waals surface area (Å²) >= 11 is 12.1. The van der Waals surface area contributed by atoms with Gasteiger partial charge in [-0.05, 0) is 25.0 Å². The second-order valence-electron chi connectivity index (χ2n) is 8.02. The Hall–Kier alpha value is -1.39. The van der Waals surface area contributed by atoms with Crippen LogP contribution in [0.5, 0.6) is 0 Å². The number of nitrogens with zero attached hydrogens (tertiary/aromatic N) is 3. The minimum Gasteiger partial charge on any atom is -0.323 e. The van der Waals surface area contributed by atoms with Gasteiger partial charge in [0.1, 0.15) is 10.4 Å². The van der Waals surface area contributed by atoms with Gasteiger partial charge in [-0.25, -0.2) is 18.1 Å². The summed E-state index contributed by atoms with van der Waals surface area (Å²) in [4.78, 5) is 28.5. The molecule has 2 aliphatic heterocycles. The average Bonchev–Trinajstić information content (AvgIpc) is 2.95. The number of imide groups is 1. The molecule has 0 radical (unpaired) electrons. The van der Waals surface area contributed by atoms with Gasteiger partial charge in [0.15, 0.2) is 0 Å². The summed E-state index contributed by atoms with van der Waals surface area (Å²) in [5, 5.41) is 3.10. The molecule has 0 aromatic heterocycles. The van der Waals surface area contributed by atoms with Crippen LogP contribution in [0.3, 0.4) is 0 Å². The van der Waals surface area contributed by atoms with E-state index in [-0.39, 0.29) is 46.6 Å². The number of benzene rings is 1. The lowest BCUT2D eigenvalue weighted by Crippen LogP contribution is -2.53. The SMILES string of the molecule is O=C1NC2(CCCCC2)C(=O)N1CN1CCN(S(=O)(=O)c2cccc(Cl)c2Cl)CC1. The molecule has 1 aliphatic carbocycles. The van der Waals surface area contributed by atoms with E-state index in [9.17, 15) is 18.0 Å². The van der Waals surface area contributed by atoms with Gasteiger partial charge in [-0.1, -0.05) is 48.5 Å². The number of nitrogens with one attached hydrogen (secondary N) is 1. The summed E-state index contributed by atoms with van der Waals surface area (Å²) in [6.45, 7) is 1.45. The molecular weight excluding hydrogens is 451 g/mol. The highest BCUT2D eigenvalue weighted by molar-refractivity contribution is 7.89. The largest absolute Gasteiger partial charge is 0.326 e. The molecule has 3 amide bonds. The molecule has 1 aromatic rings. The van der Waals surface area contributed by atoms with E-state index in [0.717, 1.165) is 19.3 Å². The van der Waals surface area contributed by atoms with Gasteiger partial charge in [-0.15, -0.1) is 0 Å². The van der Waals surface area contributed by atoms with Crippen LogP contribution in [-0.4, -0.2) is 72.8 Å². The predicted octanol–water partition coefficient (Wildman–Crippen LogP) is 2.51. The molecule has 0 atom stereocenters. The first-order valence-corrected chi connectivity index (χ1v) is 12.2. The van der Waals surface area contributed by atoms with Crippen LogP contribution in [-0.2, 0) is 14.8 Å². The van der Waals surface area contributed by atoms with E-state index in [4.69, 9.17) is 23.2 Å². The van der Waals surface area contributed by atoms with Gasteiger partial charge in [0, 0.05) is 26.2 Å². The lowest BCUT2D eigenvalue weighted by atomic mass is 9.82. The Labute approximate surface area is 186 Å².